The van der Waals surface area contributed by atoms with Gasteiger partial charge in [0.2, 0.25) is 0 Å². The summed E-state index contributed by atoms with van der Waals surface area (Å²) in [5.41, 5.74) is 0.390. The number of benzene rings is 1. The van der Waals surface area contributed by atoms with Crippen molar-refractivity contribution in [1.82, 2.24) is 5.32 Å². The zero-order valence-electron chi connectivity index (χ0n) is 11.1. The van der Waals surface area contributed by atoms with Crippen LogP contribution in [0.1, 0.15) is 49.4 Å². The van der Waals surface area contributed by atoms with Gasteiger partial charge in [-0.05, 0) is 52.9 Å². The second-order valence-corrected chi connectivity index (χ2v) is 6.02. The highest BCUT2D eigenvalue weighted by atomic mass is 79.9. The van der Waals surface area contributed by atoms with Crippen LogP contribution in [0.5, 0.6) is 0 Å². The number of hydrogen-bond donors (Lipinski definition) is 1. The Kier molecular flexibility index (Phi) is 4.97. The molecule has 1 saturated carbocycles. The minimum Gasteiger partial charge on any atom is -0.349 e. The molecule has 0 saturated heterocycles. The normalized spacial score (nSPS) is 23.1. The van der Waals surface area contributed by atoms with E-state index in [1.165, 1.54) is 18.9 Å². The van der Waals surface area contributed by atoms with Gasteiger partial charge < -0.3 is 5.32 Å². The second kappa shape index (κ2) is 6.51. The van der Waals surface area contributed by atoms with Crippen molar-refractivity contribution in [2.75, 3.05) is 0 Å². The minimum atomic E-state index is -0.400. The van der Waals surface area contributed by atoms with Gasteiger partial charge in [-0.1, -0.05) is 26.2 Å². The van der Waals surface area contributed by atoms with Gasteiger partial charge in [0.25, 0.3) is 5.91 Å². The highest BCUT2D eigenvalue weighted by Gasteiger charge is 2.25. The Morgan fingerprint density at radius 2 is 2.16 bits per heavy atom. The van der Waals surface area contributed by atoms with Gasteiger partial charge in [-0.15, -0.1) is 0 Å². The Hall–Kier alpha value is -0.900. The predicted octanol–water partition coefficient (Wildman–Crippen LogP) is 4.29. The molecule has 0 bridgehead atoms. The molecular formula is C15H19BrFNO. The number of nitrogens with one attached hydrogen (secondary N) is 1. The van der Waals surface area contributed by atoms with E-state index in [-0.39, 0.29) is 11.9 Å². The number of halogens is 2. The molecule has 1 fully saturated rings. The summed E-state index contributed by atoms with van der Waals surface area (Å²) < 4.78 is 13.8. The van der Waals surface area contributed by atoms with Crippen LogP contribution in [0.15, 0.2) is 22.7 Å². The molecule has 0 heterocycles. The van der Waals surface area contributed by atoms with E-state index in [2.05, 4.69) is 28.2 Å². The molecule has 1 N–H and O–H groups in total. The molecule has 0 aromatic heterocycles. The van der Waals surface area contributed by atoms with Crippen LogP contribution in [0.25, 0.3) is 0 Å². The van der Waals surface area contributed by atoms with Crippen LogP contribution in [-0.4, -0.2) is 11.9 Å². The molecule has 19 heavy (non-hydrogen) atoms. The first kappa shape index (κ1) is 14.5. The van der Waals surface area contributed by atoms with E-state index < -0.39 is 5.82 Å². The van der Waals surface area contributed by atoms with Crippen LogP contribution in [0.3, 0.4) is 0 Å². The molecule has 0 spiro atoms. The maximum atomic E-state index is 13.4. The molecule has 2 unspecified atom stereocenters. The van der Waals surface area contributed by atoms with Gasteiger partial charge in [0.15, 0.2) is 0 Å². The Morgan fingerprint density at radius 3 is 2.84 bits per heavy atom. The second-order valence-electron chi connectivity index (χ2n) is 5.16. The van der Waals surface area contributed by atoms with Crippen molar-refractivity contribution in [3.8, 4) is 0 Å². The van der Waals surface area contributed by atoms with E-state index in [0.29, 0.717) is 16.0 Å². The average Bonchev–Trinajstić information content (AvgIpc) is 2.42. The van der Waals surface area contributed by atoms with Crippen molar-refractivity contribution >= 4 is 21.8 Å². The van der Waals surface area contributed by atoms with Crippen LogP contribution < -0.4 is 5.32 Å². The third-order valence-corrected chi connectivity index (χ3v) is 4.57. The molecule has 2 atom stereocenters. The van der Waals surface area contributed by atoms with Crippen LogP contribution >= 0.6 is 15.9 Å². The fraction of sp³-hybridized carbons (Fsp3) is 0.533. The van der Waals surface area contributed by atoms with Gasteiger partial charge in [-0.25, -0.2) is 4.39 Å². The Morgan fingerprint density at radius 1 is 1.42 bits per heavy atom. The first-order valence-corrected chi connectivity index (χ1v) is 7.67. The van der Waals surface area contributed by atoms with Gasteiger partial charge >= 0.3 is 0 Å². The monoisotopic (exact) mass is 327 g/mol. The number of amides is 1. The van der Waals surface area contributed by atoms with Crippen molar-refractivity contribution in [2.45, 2.75) is 45.1 Å². The summed E-state index contributed by atoms with van der Waals surface area (Å²) in [5, 5.41) is 3.06. The van der Waals surface area contributed by atoms with E-state index in [1.54, 1.807) is 12.1 Å². The molecule has 1 aromatic rings. The van der Waals surface area contributed by atoms with Gasteiger partial charge in [-0.2, -0.15) is 0 Å². The van der Waals surface area contributed by atoms with Crippen LogP contribution in [0.2, 0.25) is 0 Å². The summed E-state index contributed by atoms with van der Waals surface area (Å²) in [6.07, 6.45) is 5.70. The van der Waals surface area contributed by atoms with Crippen molar-refractivity contribution in [2.24, 2.45) is 5.92 Å². The van der Waals surface area contributed by atoms with E-state index in [0.717, 1.165) is 19.3 Å². The van der Waals surface area contributed by atoms with Gasteiger partial charge in [0.05, 0.1) is 4.47 Å². The summed E-state index contributed by atoms with van der Waals surface area (Å²) in [6, 6.07) is 4.73. The molecule has 2 rings (SSSR count). The van der Waals surface area contributed by atoms with Gasteiger partial charge in [-0.3, -0.25) is 4.79 Å². The summed E-state index contributed by atoms with van der Waals surface area (Å²) in [7, 11) is 0. The fourth-order valence-electron chi connectivity index (χ4n) is 2.78. The molecule has 1 aliphatic rings. The average molecular weight is 328 g/mol. The molecule has 1 aliphatic carbocycles. The molecule has 1 aromatic carbocycles. The molecule has 0 radical (unpaired) electrons. The number of carbonyl (C=O) groups is 1. The van der Waals surface area contributed by atoms with Crippen LogP contribution in [0.4, 0.5) is 4.39 Å². The third kappa shape index (κ3) is 3.56. The lowest BCUT2D eigenvalue weighted by atomic mass is 9.83. The number of rotatable bonds is 3. The van der Waals surface area contributed by atoms with Gasteiger partial charge in [0.1, 0.15) is 5.82 Å². The van der Waals surface area contributed by atoms with E-state index in [4.69, 9.17) is 0 Å². The maximum Gasteiger partial charge on any atom is 0.251 e. The quantitative estimate of drug-likeness (QED) is 0.881. The lowest BCUT2D eigenvalue weighted by molar-refractivity contribution is 0.0904. The Balaban J connectivity index is 2.05. The van der Waals surface area contributed by atoms with Crippen LogP contribution in [-0.2, 0) is 0 Å². The molecular weight excluding hydrogens is 309 g/mol. The summed E-state index contributed by atoms with van der Waals surface area (Å²) >= 11 is 3.09. The SMILES string of the molecule is CCC1CCCCC1NC(=O)c1ccc(Br)c(F)c1. The highest BCUT2D eigenvalue weighted by Crippen LogP contribution is 2.27. The molecule has 2 nitrogen and oxygen atoms in total. The molecule has 104 valence electrons. The maximum absolute atomic E-state index is 13.4. The fourth-order valence-corrected chi connectivity index (χ4v) is 3.02. The first-order valence-electron chi connectivity index (χ1n) is 6.87. The number of carbonyl (C=O) groups excluding carboxylic acids is 1. The molecule has 0 aliphatic heterocycles. The zero-order chi connectivity index (χ0) is 13.8. The smallest absolute Gasteiger partial charge is 0.251 e. The topological polar surface area (TPSA) is 29.1 Å². The lowest BCUT2D eigenvalue weighted by Gasteiger charge is -2.31. The summed E-state index contributed by atoms with van der Waals surface area (Å²) in [5.74, 6) is -0.0157. The zero-order valence-corrected chi connectivity index (χ0v) is 12.7. The van der Waals surface area contributed by atoms with Gasteiger partial charge in [0, 0.05) is 11.6 Å². The lowest BCUT2D eigenvalue weighted by Crippen LogP contribution is -2.41. The van der Waals surface area contributed by atoms with E-state index in [9.17, 15) is 9.18 Å². The van der Waals surface area contributed by atoms with Crippen molar-refractivity contribution in [3.05, 3.63) is 34.1 Å². The number of hydrogen-bond acceptors (Lipinski definition) is 1. The van der Waals surface area contributed by atoms with Crippen molar-refractivity contribution in [3.63, 3.8) is 0 Å². The highest BCUT2D eigenvalue weighted by molar-refractivity contribution is 9.10. The van der Waals surface area contributed by atoms with E-state index in [1.807, 2.05) is 0 Å². The van der Waals surface area contributed by atoms with Crippen molar-refractivity contribution < 1.29 is 9.18 Å². The summed E-state index contributed by atoms with van der Waals surface area (Å²) in [6.45, 7) is 2.16. The minimum absolute atomic E-state index is 0.170. The van der Waals surface area contributed by atoms with Crippen molar-refractivity contribution in [1.29, 1.82) is 0 Å². The third-order valence-electron chi connectivity index (χ3n) is 3.93. The van der Waals surface area contributed by atoms with Crippen LogP contribution in [0, 0.1) is 11.7 Å². The molecule has 1 amide bonds. The molecule has 4 heteroatoms. The predicted molar refractivity (Wildman–Crippen MR) is 77.6 cm³/mol. The van der Waals surface area contributed by atoms with E-state index >= 15 is 0 Å². The first-order chi connectivity index (χ1) is 9.11. The Bertz CT molecular complexity index is 463. The Labute approximate surface area is 121 Å². The standard InChI is InChI=1S/C15H19BrFNO/c1-2-10-5-3-4-6-14(10)18-15(19)11-7-8-12(16)13(17)9-11/h7-10,14H,2-6H2,1H3,(H,18,19). The summed E-state index contributed by atoms with van der Waals surface area (Å²) in [4.78, 5) is 12.1. The largest absolute Gasteiger partial charge is 0.349 e.